The van der Waals surface area contributed by atoms with E-state index in [1.807, 2.05) is 13.8 Å². The van der Waals surface area contributed by atoms with E-state index in [0.29, 0.717) is 13.0 Å². The molecule has 0 amide bonds. The third kappa shape index (κ3) is 6.73. The highest BCUT2D eigenvalue weighted by Gasteiger charge is 2.25. The van der Waals surface area contributed by atoms with Gasteiger partial charge in [0.15, 0.2) is 0 Å². The normalized spacial score (nSPS) is 12.7. The van der Waals surface area contributed by atoms with Crippen LogP contribution in [-0.2, 0) is 9.59 Å². The lowest BCUT2D eigenvalue weighted by Gasteiger charge is -2.28. The highest BCUT2D eigenvalue weighted by Crippen LogP contribution is 2.12. The molecule has 1 atom stereocenters. The number of hydrogen-bond acceptors (Lipinski definition) is 3. The molecular weight excluding hydrogens is 222 g/mol. The standard InChI is InChI=1S/C12H21NO4/c1-4-6-13(7-5-11(14)15)10(12(16)17)8-9(2)3/h4,9-10H,1,5-8H2,2-3H3,(H,14,15)(H,16,17). The van der Waals surface area contributed by atoms with Gasteiger partial charge in [0, 0.05) is 13.1 Å². The van der Waals surface area contributed by atoms with Gasteiger partial charge in [0.2, 0.25) is 0 Å². The van der Waals surface area contributed by atoms with Crippen LogP contribution in [0.4, 0.5) is 0 Å². The summed E-state index contributed by atoms with van der Waals surface area (Å²) >= 11 is 0. The third-order valence-corrected chi connectivity index (χ3v) is 2.40. The Labute approximate surface area is 102 Å². The number of carboxylic acid groups (broad SMARTS) is 2. The van der Waals surface area contributed by atoms with Gasteiger partial charge in [-0.15, -0.1) is 6.58 Å². The fourth-order valence-corrected chi connectivity index (χ4v) is 1.63. The lowest BCUT2D eigenvalue weighted by molar-refractivity contribution is -0.145. The van der Waals surface area contributed by atoms with E-state index < -0.39 is 18.0 Å². The Morgan fingerprint density at radius 1 is 1.35 bits per heavy atom. The highest BCUT2D eigenvalue weighted by atomic mass is 16.4. The number of hydrogen-bond donors (Lipinski definition) is 2. The first kappa shape index (κ1) is 15.6. The Bertz CT molecular complexity index is 276. The molecule has 2 N–H and O–H groups in total. The number of rotatable bonds is 9. The van der Waals surface area contributed by atoms with Crippen LogP contribution in [0.2, 0.25) is 0 Å². The average molecular weight is 243 g/mol. The van der Waals surface area contributed by atoms with Crippen molar-refractivity contribution >= 4 is 11.9 Å². The summed E-state index contributed by atoms with van der Waals surface area (Å²) in [5.74, 6) is -1.59. The molecule has 0 spiro atoms. The van der Waals surface area contributed by atoms with Crippen LogP contribution in [0, 0.1) is 5.92 Å². The second-order valence-electron chi connectivity index (χ2n) is 4.41. The quantitative estimate of drug-likeness (QED) is 0.599. The molecule has 5 nitrogen and oxygen atoms in total. The van der Waals surface area contributed by atoms with Crippen LogP contribution >= 0.6 is 0 Å². The fourth-order valence-electron chi connectivity index (χ4n) is 1.63. The molecule has 17 heavy (non-hydrogen) atoms. The van der Waals surface area contributed by atoms with Crippen molar-refractivity contribution in [1.82, 2.24) is 4.90 Å². The molecule has 5 heteroatoms. The summed E-state index contributed by atoms with van der Waals surface area (Å²) in [6.07, 6.45) is 2.04. The maximum absolute atomic E-state index is 11.2. The summed E-state index contributed by atoms with van der Waals surface area (Å²) in [7, 11) is 0. The van der Waals surface area contributed by atoms with Crippen molar-refractivity contribution in [1.29, 1.82) is 0 Å². The molecule has 0 aromatic carbocycles. The number of aliphatic carboxylic acids is 2. The SMILES string of the molecule is C=CCN(CCC(=O)O)C(CC(C)C)C(=O)O. The van der Waals surface area contributed by atoms with Gasteiger partial charge in [-0.05, 0) is 12.3 Å². The van der Waals surface area contributed by atoms with Crippen LogP contribution in [0.3, 0.4) is 0 Å². The van der Waals surface area contributed by atoms with Gasteiger partial charge < -0.3 is 10.2 Å². The summed E-state index contributed by atoms with van der Waals surface area (Å²) in [6.45, 7) is 8.07. The second-order valence-corrected chi connectivity index (χ2v) is 4.41. The summed E-state index contributed by atoms with van der Waals surface area (Å²) < 4.78 is 0. The molecule has 98 valence electrons. The maximum atomic E-state index is 11.2. The van der Waals surface area contributed by atoms with Crippen LogP contribution in [0.25, 0.3) is 0 Å². The van der Waals surface area contributed by atoms with E-state index >= 15 is 0 Å². The van der Waals surface area contributed by atoms with Crippen molar-refractivity contribution in [2.24, 2.45) is 5.92 Å². The Morgan fingerprint density at radius 2 is 1.94 bits per heavy atom. The molecule has 0 rings (SSSR count). The van der Waals surface area contributed by atoms with Gasteiger partial charge in [-0.2, -0.15) is 0 Å². The van der Waals surface area contributed by atoms with E-state index in [1.165, 1.54) is 0 Å². The van der Waals surface area contributed by atoms with Crippen LogP contribution in [0.5, 0.6) is 0 Å². The molecule has 0 aliphatic carbocycles. The summed E-state index contributed by atoms with van der Waals surface area (Å²) in [4.78, 5) is 23.3. The van der Waals surface area contributed by atoms with Crippen molar-refractivity contribution < 1.29 is 19.8 Å². The van der Waals surface area contributed by atoms with Gasteiger partial charge >= 0.3 is 11.9 Å². The van der Waals surface area contributed by atoms with E-state index in [4.69, 9.17) is 10.2 Å². The van der Waals surface area contributed by atoms with Crippen molar-refractivity contribution in [3.05, 3.63) is 12.7 Å². The first-order valence-electron chi connectivity index (χ1n) is 5.68. The number of nitrogens with zero attached hydrogens (tertiary/aromatic N) is 1. The molecule has 0 aromatic rings. The van der Waals surface area contributed by atoms with Gasteiger partial charge in [0.1, 0.15) is 6.04 Å². The zero-order chi connectivity index (χ0) is 13.4. The van der Waals surface area contributed by atoms with E-state index in [1.54, 1.807) is 11.0 Å². The number of carboxylic acids is 2. The Balaban J connectivity index is 4.62. The Morgan fingerprint density at radius 3 is 2.29 bits per heavy atom. The van der Waals surface area contributed by atoms with E-state index in [2.05, 4.69) is 6.58 Å². The van der Waals surface area contributed by atoms with E-state index in [9.17, 15) is 9.59 Å². The van der Waals surface area contributed by atoms with Gasteiger partial charge in [-0.1, -0.05) is 19.9 Å². The first-order valence-corrected chi connectivity index (χ1v) is 5.68. The van der Waals surface area contributed by atoms with Crippen LogP contribution < -0.4 is 0 Å². The lowest BCUT2D eigenvalue weighted by atomic mass is 10.0. The molecule has 0 saturated heterocycles. The molecule has 0 aromatic heterocycles. The minimum absolute atomic E-state index is 0.0598. The maximum Gasteiger partial charge on any atom is 0.320 e. The Kier molecular flexibility index (Phi) is 7.21. The summed E-state index contributed by atoms with van der Waals surface area (Å²) in [6, 6.07) is -0.646. The average Bonchev–Trinajstić information content (AvgIpc) is 2.20. The largest absolute Gasteiger partial charge is 0.481 e. The molecular formula is C12H21NO4. The van der Waals surface area contributed by atoms with Crippen LogP contribution in [0.1, 0.15) is 26.7 Å². The molecule has 0 saturated carbocycles. The summed E-state index contributed by atoms with van der Waals surface area (Å²) in [5.41, 5.74) is 0. The zero-order valence-corrected chi connectivity index (χ0v) is 10.4. The highest BCUT2D eigenvalue weighted by molar-refractivity contribution is 5.73. The smallest absolute Gasteiger partial charge is 0.320 e. The third-order valence-electron chi connectivity index (χ3n) is 2.40. The molecule has 0 aliphatic rings. The van der Waals surface area contributed by atoms with E-state index in [-0.39, 0.29) is 18.9 Å². The van der Waals surface area contributed by atoms with Gasteiger partial charge in [0.05, 0.1) is 6.42 Å². The number of carbonyl (C=O) groups is 2. The van der Waals surface area contributed by atoms with Crippen molar-refractivity contribution in [3.8, 4) is 0 Å². The lowest BCUT2D eigenvalue weighted by Crippen LogP contribution is -2.43. The van der Waals surface area contributed by atoms with Gasteiger partial charge in [-0.3, -0.25) is 14.5 Å². The minimum Gasteiger partial charge on any atom is -0.481 e. The van der Waals surface area contributed by atoms with Crippen molar-refractivity contribution in [2.45, 2.75) is 32.7 Å². The van der Waals surface area contributed by atoms with Crippen molar-refractivity contribution in [3.63, 3.8) is 0 Å². The molecule has 0 radical (unpaired) electrons. The van der Waals surface area contributed by atoms with Crippen molar-refractivity contribution in [2.75, 3.05) is 13.1 Å². The second kappa shape index (κ2) is 7.84. The predicted molar refractivity (Wildman–Crippen MR) is 64.9 cm³/mol. The minimum atomic E-state index is -0.923. The topological polar surface area (TPSA) is 77.8 Å². The van der Waals surface area contributed by atoms with Crippen LogP contribution in [0.15, 0.2) is 12.7 Å². The predicted octanol–water partition coefficient (Wildman–Crippen LogP) is 1.45. The molecule has 0 fully saturated rings. The molecule has 0 bridgehead atoms. The zero-order valence-electron chi connectivity index (χ0n) is 10.4. The Hall–Kier alpha value is -1.36. The summed E-state index contributed by atoms with van der Waals surface area (Å²) in [5, 5.41) is 17.8. The van der Waals surface area contributed by atoms with E-state index in [0.717, 1.165) is 0 Å². The first-order chi connectivity index (χ1) is 7.88. The fraction of sp³-hybridized carbons (Fsp3) is 0.667. The monoisotopic (exact) mass is 243 g/mol. The van der Waals surface area contributed by atoms with Gasteiger partial charge in [-0.25, -0.2) is 0 Å². The molecule has 0 aliphatic heterocycles. The molecule has 1 unspecified atom stereocenters. The molecule has 0 heterocycles. The van der Waals surface area contributed by atoms with Crippen LogP contribution in [-0.4, -0.2) is 46.2 Å². The van der Waals surface area contributed by atoms with Gasteiger partial charge in [0.25, 0.3) is 0 Å².